The van der Waals surface area contributed by atoms with Gasteiger partial charge < -0.3 is 16.0 Å². The number of nitrogens with zero attached hydrogens (tertiary/aromatic N) is 1. The van der Waals surface area contributed by atoms with E-state index in [9.17, 15) is 9.59 Å². The van der Waals surface area contributed by atoms with Gasteiger partial charge in [-0.1, -0.05) is 38.2 Å². The van der Waals surface area contributed by atoms with Crippen molar-refractivity contribution in [3.05, 3.63) is 53.4 Å². The first-order valence-corrected chi connectivity index (χ1v) is 12.5. The van der Waals surface area contributed by atoms with Crippen molar-refractivity contribution in [1.29, 1.82) is 0 Å². The summed E-state index contributed by atoms with van der Waals surface area (Å²) in [7, 11) is 0. The molecular weight excluding hydrogens is 412 g/mol. The molecule has 1 unspecified atom stereocenters. The molecule has 174 valence electrons. The van der Waals surface area contributed by atoms with Crippen molar-refractivity contribution in [3.8, 4) is 0 Å². The summed E-state index contributed by atoms with van der Waals surface area (Å²) in [6.07, 6.45) is 14.7. The van der Waals surface area contributed by atoms with Crippen LogP contribution < -0.4 is 16.0 Å². The molecule has 6 heteroatoms. The molecule has 1 heterocycles. The Hall–Kier alpha value is -2.89. The van der Waals surface area contributed by atoms with Gasteiger partial charge in [0.1, 0.15) is 11.4 Å². The molecule has 2 fully saturated rings. The van der Waals surface area contributed by atoms with Gasteiger partial charge in [-0.2, -0.15) is 0 Å². The molecule has 0 spiro atoms. The zero-order valence-electron chi connectivity index (χ0n) is 19.5. The summed E-state index contributed by atoms with van der Waals surface area (Å²) in [6.45, 7) is 2.11. The molecule has 4 aliphatic rings. The van der Waals surface area contributed by atoms with Crippen molar-refractivity contribution in [2.75, 3.05) is 5.32 Å². The molecule has 0 saturated heterocycles. The molecule has 3 N–H and O–H groups in total. The number of carbonyl (C=O) groups excluding carboxylic acids is 2. The van der Waals surface area contributed by atoms with E-state index >= 15 is 0 Å². The van der Waals surface area contributed by atoms with Crippen LogP contribution in [0.3, 0.4) is 0 Å². The number of nitrogens with one attached hydrogen (secondary N) is 3. The summed E-state index contributed by atoms with van der Waals surface area (Å²) in [6, 6.07) is 7.90. The van der Waals surface area contributed by atoms with Crippen LogP contribution in [0, 0.1) is 11.8 Å². The van der Waals surface area contributed by atoms with Gasteiger partial charge >= 0.3 is 0 Å². The van der Waals surface area contributed by atoms with E-state index in [2.05, 4.69) is 29.0 Å². The SMILES string of the molecule is CC12CC=C(NC(=O)C3CCCC3)C=C1NC(c1ccc(NC(=O)C3CCCCC3)cc1)=N2. The zero-order chi connectivity index (χ0) is 22.8. The molecule has 5 rings (SSSR count). The van der Waals surface area contributed by atoms with Gasteiger partial charge in [-0.05, 0) is 69.4 Å². The van der Waals surface area contributed by atoms with Crippen LogP contribution in [0.15, 0.2) is 52.8 Å². The van der Waals surface area contributed by atoms with Crippen LogP contribution in [0.5, 0.6) is 0 Å². The maximum absolute atomic E-state index is 12.5. The molecule has 1 aromatic rings. The number of hydrogen-bond acceptors (Lipinski definition) is 4. The lowest BCUT2D eigenvalue weighted by Crippen LogP contribution is -2.34. The fourth-order valence-electron chi connectivity index (χ4n) is 5.44. The van der Waals surface area contributed by atoms with Crippen LogP contribution in [0.1, 0.15) is 76.7 Å². The molecule has 33 heavy (non-hydrogen) atoms. The maximum atomic E-state index is 12.5. The Morgan fingerprint density at radius 3 is 2.18 bits per heavy atom. The van der Waals surface area contributed by atoms with Gasteiger partial charge in [0.15, 0.2) is 0 Å². The number of benzene rings is 1. The molecule has 3 aliphatic carbocycles. The number of rotatable bonds is 5. The Balaban J connectivity index is 1.22. The van der Waals surface area contributed by atoms with Gasteiger partial charge in [0.25, 0.3) is 0 Å². The highest BCUT2D eigenvalue weighted by Crippen LogP contribution is 2.35. The largest absolute Gasteiger partial charge is 0.341 e. The first kappa shape index (κ1) is 21.9. The van der Waals surface area contributed by atoms with Crippen LogP contribution in [0.4, 0.5) is 5.69 Å². The number of fused-ring (bicyclic) bond motifs is 1. The lowest BCUT2D eigenvalue weighted by molar-refractivity contribution is -0.124. The minimum atomic E-state index is -0.342. The third-order valence-corrected chi connectivity index (χ3v) is 7.61. The Morgan fingerprint density at radius 2 is 1.52 bits per heavy atom. The predicted octanol–water partition coefficient (Wildman–Crippen LogP) is 4.79. The van der Waals surface area contributed by atoms with Crippen molar-refractivity contribution in [2.45, 2.75) is 76.7 Å². The molecule has 0 aromatic heterocycles. The van der Waals surface area contributed by atoms with E-state index < -0.39 is 0 Å². The van der Waals surface area contributed by atoms with Crippen LogP contribution in [0.2, 0.25) is 0 Å². The van der Waals surface area contributed by atoms with Crippen molar-refractivity contribution in [3.63, 3.8) is 0 Å². The highest BCUT2D eigenvalue weighted by Gasteiger charge is 2.37. The number of amides is 2. The quantitative estimate of drug-likeness (QED) is 0.608. The van der Waals surface area contributed by atoms with Gasteiger partial charge in [-0.3, -0.25) is 14.6 Å². The van der Waals surface area contributed by atoms with Crippen LogP contribution in [0.25, 0.3) is 0 Å². The minimum Gasteiger partial charge on any atom is -0.341 e. The lowest BCUT2D eigenvalue weighted by Gasteiger charge is -2.26. The number of allylic oxidation sites excluding steroid dienone is 1. The Labute approximate surface area is 196 Å². The molecule has 0 bridgehead atoms. The van der Waals surface area contributed by atoms with E-state index in [1.807, 2.05) is 30.3 Å². The monoisotopic (exact) mass is 446 g/mol. The molecule has 2 amide bonds. The average molecular weight is 447 g/mol. The summed E-state index contributed by atoms with van der Waals surface area (Å²) in [5.41, 5.74) is 3.35. The first-order chi connectivity index (χ1) is 16.0. The van der Waals surface area contributed by atoms with Crippen molar-refractivity contribution in [2.24, 2.45) is 16.8 Å². The van der Waals surface area contributed by atoms with E-state index in [0.29, 0.717) is 0 Å². The van der Waals surface area contributed by atoms with E-state index in [1.54, 1.807) is 0 Å². The highest BCUT2D eigenvalue weighted by molar-refractivity contribution is 6.03. The van der Waals surface area contributed by atoms with Crippen molar-refractivity contribution < 1.29 is 9.59 Å². The number of carbonyl (C=O) groups is 2. The van der Waals surface area contributed by atoms with Crippen molar-refractivity contribution >= 4 is 23.3 Å². The Bertz CT molecular complexity index is 1010. The van der Waals surface area contributed by atoms with E-state index in [-0.39, 0.29) is 29.2 Å². The number of aliphatic imine (C=N–C) groups is 1. The van der Waals surface area contributed by atoms with Crippen LogP contribution in [-0.4, -0.2) is 23.2 Å². The van der Waals surface area contributed by atoms with Gasteiger partial charge in [0.05, 0.1) is 0 Å². The number of hydrogen-bond donors (Lipinski definition) is 3. The lowest BCUT2D eigenvalue weighted by atomic mass is 9.88. The van der Waals surface area contributed by atoms with Crippen LogP contribution in [-0.2, 0) is 9.59 Å². The summed E-state index contributed by atoms with van der Waals surface area (Å²) in [5, 5.41) is 9.65. The maximum Gasteiger partial charge on any atom is 0.227 e. The fourth-order valence-corrected chi connectivity index (χ4v) is 5.44. The van der Waals surface area contributed by atoms with Gasteiger partial charge in [0, 0.05) is 34.5 Å². The normalized spacial score (nSPS) is 25.4. The highest BCUT2D eigenvalue weighted by atomic mass is 16.2. The summed E-state index contributed by atoms with van der Waals surface area (Å²) in [4.78, 5) is 30.0. The number of amidine groups is 1. The predicted molar refractivity (Wildman–Crippen MR) is 131 cm³/mol. The summed E-state index contributed by atoms with van der Waals surface area (Å²) < 4.78 is 0. The Morgan fingerprint density at radius 1 is 0.909 bits per heavy atom. The number of anilines is 1. The van der Waals surface area contributed by atoms with E-state index in [0.717, 1.165) is 86.3 Å². The molecule has 2 saturated carbocycles. The Kier molecular flexibility index (Phi) is 6.09. The average Bonchev–Trinajstić information content (AvgIpc) is 3.48. The first-order valence-electron chi connectivity index (χ1n) is 12.5. The molecule has 0 radical (unpaired) electrons. The summed E-state index contributed by atoms with van der Waals surface area (Å²) >= 11 is 0. The van der Waals surface area contributed by atoms with Gasteiger partial charge in [-0.25, -0.2) is 0 Å². The minimum absolute atomic E-state index is 0.140. The van der Waals surface area contributed by atoms with Gasteiger partial charge in [-0.15, -0.1) is 0 Å². The molecular formula is C27H34N4O2. The second-order valence-corrected chi connectivity index (χ2v) is 10.2. The topological polar surface area (TPSA) is 82.6 Å². The van der Waals surface area contributed by atoms with Crippen LogP contribution >= 0.6 is 0 Å². The molecule has 1 aromatic carbocycles. The standard InChI is InChI=1S/C27H34N4O2/c1-27-16-15-22(29-26(33)20-9-5-6-10-20)17-23(27)30-24(31-27)18-11-13-21(14-12-18)28-25(32)19-7-3-2-4-8-19/h11-15,17,19-20H,2-10,16H2,1H3,(H,28,32)(H,29,33)(H,30,31). The molecule has 1 aliphatic heterocycles. The summed E-state index contributed by atoms with van der Waals surface area (Å²) in [5.74, 6) is 1.40. The second-order valence-electron chi connectivity index (χ2n) is 10.2. The third kappa shape index (κ3) is 4.75. The van der Waals surface area contributed by atoms with E-state index in [1.165, 1.54) is 6.42 Å². The van der Waals surface area contributed by atoms with Crippen molar-refractivity contribution in [1.82, 2.24) is 10.6 Å². The van der Waals surface area contributed by atoms with E-state index in [4.69, 9.17) is 4.99 Å². The zero-order valence-corrected chi connectivity index (χ0v) is 19.5. The second kappa shape index (κ2) is 9.16. The third-order valence-electron chi connectivity index (χ3n) is 7.61. The smallest absolute Gasteiger partial charge is 0.227 e. The fraction of sp³-hybridized carbons (Fsp3) is 0.519. The molecule has 6 nitrogen and oxygen atoms in total. The van der Waals surface area contributed by atoms with Gasteiger partial charge in [0.2, 0.25) is 11.8 Å². The molecule has 1 atom stereocenters.